The van der Waals surface area contributed by atoms with Gasteiger partial charge in [0.05, 0.1) is 0 Å². The van der Waals surface area contributed by atoms with Gasteiger partial charge in [0, 0.05) is 32.9 Å². The summed E-state index contributed by atoms with van der Waals surface area (Å²) >= 11 is 0. The Hall–Kier alpha value is -7.43. The Labute approximate surface area is 355 Å². The summed E-state index contributed by atoms with van der Waals surface area (Å²) in [5.41, 5.74) is 17.4. The van der Waals surface area contributed by atoms with Gasteiger partial charge in [-0.2, -0.15) is 0 Å². The molecule has 0 atom stereocenters. The number of nitrogens with zero attached hydrogens (tertiary/aromatic N) is 3. The number of para-hydroxylation sites is 1. The number of benzene rings is 8. The van der Waals surface area contributed by atoms with E-state index in [0.29, 0.717) is 17.5 Å². The molecule has 61 heavy (non-hydrogen) atoms. The zero-order valence-corrected chi connectivity index (χ0v) is 33.7. The highest BCUT2D eigenvalue weighted by atomic mass is 16.3. The van der Waals surface area contributed by atoms with Gasteiger partial charge in [-0.15, -0.1) is 0 Å². The van der Waals surface area contributed by atoms with E-state index in [1.165, 1.54) is 71.0 Å². The third-order valence-corrected chi connectivity index (χ3v) is 13.1. The summed E-state index contributed by atoms with van der Waals surface area (Å²) < 4.78 is 6.29. The molecule has 4 heteroatoms. The lowest BCUT2D eigenvalue weighted by atomic mass is 9.68. The van der Waals surface area contributed by atoms with Gasteiger partial charge >= 0.3 is 0 Å². The van der Waals surface area contributed by atoms with Crippen molar-refractivity contribution in [1.82, 2.24) is 15.0 Å². The number of furan rings is 1. The Morgan fingerprint density at radius 1 is 0.328 bits per heavy atom. The molecule has 10 aromatic rings. The van der Waals surface area contributed by atoms with Crippen molar-refractivity contribution in [3.63, 3.8) is 0 Å². The minimum atomic E-state index is 0.167. The fraction of sp³-hybridized carbons (Fsp3) is 0.105. The summed E-state index contributed by atoms with van der Waals surface area (Å²) in [4.78, 5) is 15.3. The van der Waals surface area contributed by atoms with Gasteiger partial charge in [-0.25, -0.2) is 15.0 Å². The minimum absolute atomic E-state index is 0.167. The molecule has 2 heterocycles. The molecule has 1 fully saturated rings. The van der Waals surface area contributed by atoms with Gasteiger partial charge < -0.3 is 4.42 Å². The van der Waals surface area contributed by atoms with E-state index < -0.39 is 0 Å². The maximum Gasteiger partial charge on any atom is 0.164 e. The van der Waals surface area contributed by atoms with Crippen LogP contribution in [0.15, 0.2) is 192 Å². The number of fused-ring (bicyclic) bond motifs is 8. The summed E-state index contributed by atoms with van der Waals surface area (Å²) in [6.45, 7) is 0. The standard InChI is InChI=1S/C57H41N3O/c1-3-13-37(14-4-1)41-16-12-18-44(34-41)55-58-54(59-56(60-55)45-27-29-48-47-20-6-8-22-52(47)61-53(48)36-45)39-25-23-38(24-26-39)40-15-11-17-42(33-40)43-28-30-51-49(35-43)46-19-5-7-21-50(46)57(51)31-9-2-10-32-57/h1,3-8,11-30,33-36H,2,9-10,31-32H2. The molecule has 12 rings (SSSR count). The maximum atomic E-state index is 6.29. The zero-order valence-electron chi connectivity index (χ0n) is 33.7. The van der Waals surface area contributed by atoms with Crippen molar-refractivity contribution in [2.75, 3.05) is 0 Å². The van der Waals surface area contributed by atoms with Crippen LogP contribution in [0.25, 0.3) is 101 Å². The lowest BCUT2D eigenvalue weighted by Gasteiger charge is -2.36. The van der Waals surface area contributed by atoms with E-state index in [0.717, 1.165) is 55.3 Å². The van der Waals surface area contributed by atoms with Gasteiger partial charge in [0.1, 0.15) is 11.2 Å². The first kappa shape index (κ1) is 35.5. The Bertz CT molecular complexity index is 3280. The van der Waals surface area contributed by atoms with Gasteiger partial charge in [-0.3, -0.25) is 0 Å². The molecular weight excluding hydrogens is 743 g/mol. The van der Waals surface area contributed by atoms with Crippen LogP contribution in [0.5, 0.6) is 0 Å². The highest BCUT2D eigenvalue weighted by Crippen LogP contribution is 2.56. The topological polar surface area (TPSA) is 51.8 Å². The van der Waals surface area contributed by atoms with Crippen molar-refractivity contribution in [2.24, 2.45) is 0 Å². The quantitative estimate of drug-likeness (QED) is 0.169. The van der Waals surface area contributed by atoms with E-state index in [4.69, 9.17) is 19.4 Å². The maximum absolute atomic E-state index is 6.29. The van der Waals surface area contributed by atoms with Gasteiger partial charge in [0.2, 0.25) is 0 Å². The Balaban J connectivity index is 0.908. The molecule has 0 aliphatic heterocycles. The molecule has 0 N–H and O–H groups in total. The third kappa shape index (κ3) is 6.09. The van der Waals surface area contributed by atoms with Crippen LogP contribution >= 0.6 is 0 Å². The molecule has 0 bridgehead atoms. The van der Waals surface area contributed by atoms with E-state index >= 15 is 0 Å². The predicted molar refractivity (Wildman–Crippen MR) is 249 cm³/mol. The van der Waals surface area contributed by atoms with Crippen LogP contribution in [0.4, 0.5) is 0 Å². The first-order valence-corrected chi connectivity index (χ1v) is 21.5. The highest BCUT2D eigenvalue weighted by Gasteiger charge is 2.43. The zero-order chi connectivity index (χ0) is 40.3. The van der Waals surface area contributed by atoms with Crippen LogP contribution in [-0.4, -0.2) is 15.0 Å². The van der Waals surface area contributed by atoms with Gasteiger partial charge in [-0.1, -0.05) is 171 Å². The normalized spacial score (nSPS) is 14.0. The summed E-state index contributed by atoms with van der Waals surface area (Å²) in [5.74, 6) is 1.82. The Morgan fingerprint density at radius 3 is 1.62 bits per heavy atom. The first-order valence-electron chi connectivity index (χ1n) is 21.5. The van der Waals surface area contributed by atoms with Crippen LogP contribution in [0, 0.1) is 0 Å². The van der Waals surface area contributed by atoms with Crippen LogP contribution in [0.3, 0.4) is 0 Å². The fourth-order valence-corrected chi connectivity index (χ4v) is 10.1. The van der Waals surface area contributed by atoms with E-state index in [9.17, 15) is 0 Å². The van der Waals surface area contributed by atoms with E-state index in [2.05, 4.69) is 158 Å². The SMILES string of the molecule is c1ccc(-c2cccc(-c3nc(-c4ccc(-c5cccc(-c6ccc7c(c6)-c6ccccc6C76CCCCC6)c5)cc4)nc(-c4ccc5c(c4)oc4ccccc45)n3)c2)cc1. The van der Waals surface area contributed by atoms with Crippen molar-refractivity contribution in [1.29, 1.82) is 0 Å². The lowest BCUT2D eigenvalue weighted by molar-refractivity contribution is 0.353. The average molecular weight is 784 g/mol. The highest BCUT2D eigenvalue weighted by molar-refractivity contribution is 6.05. The number of aromatic nitrogens is 3. The summed E-state index contributed by atoms with van der Waals surface area (Å²) in [7, 11) is 0. The second-order valence-electron chi connectivity index (χ2n) is 16.7. The van der Waals surface area contributed by atoms with E-state index in [-0.39, 0.29) is 5.41 Å². The van der Waals surface area contributed by atoms with Crippen LogP contribution in [0.1, 0.15) is 43.2 Å². The minimum Gasteiger partial charge on any atom is -0.456 e. The molecule has 8 aromatic carbocycles. The number of hydrogen-bond acceptors (Lipinski definition) is 4. The van der Waals surface area contributed by atoms with E-state index in [1.807, 2.05) is 30.3 Å². The molecule has 1 spiro atoms. The fourth-order valence-electron chi connectivity index (χ4n) is 10.1. The van der Waals surface area contributed by atoms with Crippen molar-refractivity contribution < 1.29 is 4.42 Å². The molecule has 1 saturated carbocycles. The van der Waals surface area contributed by atoms with Gasteiger partial charge in [-0.05, 0) is 105 Å². The third-order valence-electron chi connectivity index (χ3n) is 13.1. The van der Waals surface area contributed by atoms with Crippen LogP contribution in [0.2, 0.25) is 0 Å². The van der Waals surface area contributed by atoms with Crippen LogP contribution in [-0.2, 0) is 5.41 Å². The van der Waals surface area contributed by atoms with Crippen molar-refractivity contribution >= 4 is 21.9 Å². The van der Waals surface area contributed by atoms with Crippen molar-refractivity contribution in [3.05, 3.63) is 199 Å². The number of hydrogen-bond donors (Lipinski definition) is 0. The second kappa shape index (κ2) is 14.4. The number of rotatable bonds is 6. The van der Waals surface area contributed by atoms with Crippen molar-refractivity contribution in [2.45, 2.75) is 37.5 Å². The molecule has 0 saturated heterocycles. The summed E-state index contributed by atoms with van der Waals surface area (Å²) in [6, 6.07) is 67.1. The van der Waals surface area contributed by atoms with Gasteiger partial charge in [0.15, 0.2) is 17.5 Å². The molecule has 2 aromatic heterocycles. The molecule has 290 valence electrons. The molecule has 0 radical (unpaired) electrons. The first-order chi connectivity index (χ1) is 30.2. The Morgan fingerprint density at radius 2 is 0.836 bits per heavy atom. The van der Waals surface area contributed by atoms with Crippen molar-refractivity contribution in [3.8, 4) is 78.7 Å². The predicted octanol–water partition coefficient (Wildman–Crippen LogP) is 15.0. The molecule has 0 unspecified atom stereocenters. The summed E-state index contributed by atoms with van der Waals surface area (Å²) in [5, 5.41) is 2.16. The molecule has 2 aliphatic rings. The molecule has 2 aliphatic carbocycles. The molecule has 4 nitrogen and oxygen atoms in total. The molecule has 0 amide bonds. The van der Waals surface area contributed by atoms with Gasteiger partial charge in [0.25, 0.3) is 0 Å². The van der Waals surface area contributed by atoms with E-state index in [1.54, 1.807) is 0 Å². The smallest absolute Gasteiger partial charge is 0.164 e. The molecular formula is C57H41N3O. The van der Waals surface area contributed by atoms with Crippen LogP contribution < -0.4 is 0 Å². The lowest BCUT2D eigenvalue weighted by Crippen LogP contribution is -2.27. The monoisotopic (exact) mass is 783 g/mol. The summed E-state index contributed by atoms with van der Waals surface area (Å²) in [6.07, 6.45) is 6.43. The largest absolute Gasteiger partial charge is 0.456 e. The second-order valence-corrected chi connectivity index (χ2v) is 16.7. The Kier molecular flexibility index (Phi) is 8.38. The average Bonchev–Trinajstić information content (AvgIpc) is 3.84.